The van der Waals surface area contributed by atoms with Crippen molar-refractivity contribution in [1.29, 1.82) is 0 Å². The first kappa shape index (κ1) is 16.6. The highest BCUT2D eigenvalue weighted by Crippen LogP contribution is 2.38. The Morgan fingerprint density at radius 3 is 2.05 bits per heavy atom. The molecule has 1 aromatic rings. The summed E-state index contributed by atoms with van der Waals surface area (Å²) >= 11 is 3.35. The molecule has 5 nitrogen and oxygen atoms in total. The maximum atomic E-state index is 12.5. The molecule has 0 fully saturated rings. The van der Waals surface area contributed by atoms with Gasteiger partial charge >= 0.3 is 0 Å². The Hall–Kier alpha value is -1.43. The first-order valence-electron chi connectivity index (χ1n) is 6.28. The summed E-state index contributed by atoms with van der Waals surface area (Å²) in [5, 5.41) is 0.733. The molecule has 0 aromatic heterocycles. The summed E-state index contributed by atoms with van der Waals surface area (Å²) in [5.74, 6) is 1.37. The number of rotatable bonds is 7. The molecule has 1 aromatic carbocycles. The Morgan fingerprint density at radius 2 is 1.70 bits per heavy atom. The van der Waals surface area contributed by atoms with Crippen LogP contribution in [-0.2, 0) is 0 Å². The zero-order chi connectivity index (χ0) is 15.1. The molecule has 0 aliphatic carbocycles. The molecule has 0 heterocycles. The van der Waals surface area contributed by atoms with Gasteiger partial charge < -0.3 is 19.1 Å². The van der Waals surface area contributed by atoms with Gasteiger partial charge in [-0.05, 0) is 19.1 Å². The van der Waals surface area contributed by atoms with Crippen LogP contribution in [0, 0.1) is 0 Å². The molecule has 0 saturated carbocycles. The van der Waals surface area contributed by atoms with Gasteiger partial charge in [-0.25, -0.2) is 0 Å². The predicted molar refractivity (Wildman–Crippen MR) is 81.5 cm³/mol. The number of carbonyl (C=O) groups excluding carboxylic acids is 1. The van der Waals surface area contributed by atoms with Crippen LogP contribution in [0.1, 0.15) is 17.3 Å². The molecule has 1 rings (SSSR count). The second-order valence-electron chi connectivity index (χ2n) is 3.99. The minimum atomic E-state index is -0.0637. The van der Waals surface area contributed by atoms with Gasteiger partial charge in [0, 0.05) is 24.0 Å². The van der Waals surface area contributed by atoms with Gasteiger partial charge in [0.25, 0.3) is 5.91 Å². The van der Waals surface area contributed by atoms with Gasteiger partial charge in [-0.15, -0.1) is 0 Å². The van der Waals surface area contributed by atoms with Gasteiger partial charge in [-0.2, -0.15) is 0 Å². The summed E-state index contributed by atoms with van der Waals surface area (Å²) in [4.78, 5) is 14.2. The Morgan fingerprint density at radius 1 is 1.15 bits per heavy atom. The Bertz CT molecular complexity index is 439. The smallest absolute Gasteiger partial charge is 0.254 e. The van der Waals surface area contributed by atoms with Crippen LogP contribution in [0.3, 0.4) is 0 Å². The average molecular weight is 346 g/mol. The zero-order valence-corrected chi connectivity index (χ0v) is 13.8. The fraction of sp³-hybridized carbons (Fsp3) is 0.500. The summed E-state index contributed by atoms with van der Waals surface area (Å²) < 4.78 is 15.8. The lowest BCUT2D eigenvalue weighted by Gasteiger charge is -2.21. The van der Waals surface area contributed by atoms with E-state index in [1.807, 2.05) is 6.92 Å². The van der Waals surface area contributed by atoms with Gasteiger partial charge in [0.15, 0.2) is 11.5 Å². The summed E-state index contributed by atoms with van der Waals surface area (Å²) in [6, 6.07) is 3.33. The van der Waals surface area contributed by atoms with E-state index >= 15 is 0 Å². The normalized spacial score (nSPS) is 10.1. The lowest BCUT2D eigenvalue weighted by Crippen LogP contribution is -2.32. The van der Waals surface area contributed by atoms with E-state index in [-0.39, 0.29) is 5.91 Å². The Kier molecular flexibility index (Phi) is 6.64. The highest BCUT2D eigenvalue weighted by atomic mass is 79.9. The fourth-order valence-electron chi connectivity index (χ4n) is 1.89. The van der Waals surface area contributed by atoms with E-state index in [1.54, 1.807) is 17.0 Å². The van der Waals surface area contributed by atoms with Gasteiger partial charge in [0.05, 0.1) is 21.3 Å². The third-order valence-electron chi connectivity index (χ3n) is 2.94. The van der Waals surface area contributed by atoms with Crippen molar-refractivity contribution < 1.29 is 19.0 Å². The predicted octanol–water partition coefficient (Wildman–Crippen LogP) is 2.57. The van der Waals surface area contributed by atoms with E-state index in [1.165, 1.54) is 21.3 Å². The monoisotopic (exact) mass is 345 g/mol. The van der Waals surface area contributed by atoms with Gasteiger partial charge in [0.2, 0.25) is 5.75 Å². The first-order valence-corrected chi connectivity index (χ1v) is 7.40. The minimum Gasteiger partial charge on any atom is -0.493 e. The molecule has 0 bridgehead atoms. The van der Waals surface area contributed by atoms with Crippen molar-refractivity contribution in [3.63, 3.8) is 0 Å². The molecule has 0 N–H and O–H groups in total. The second-order valence-corrected chi connectivity index (χ2v) is 4.78. The lowest BCUT2D eigenvalue weighted by molar-refractivity contribution is 0.0774. The van der Waals surface area contributed by atoms with Crippen molar-refractivity contribution in [3.05, 3.63) is 17.7 Å². The lowest BCUT2D eigenvalue weighted by atomic mass is 10.1. The summed E-state index contributed by atoms with van der Waals surface area (Å²) in [5.41, 5.74) is 0.516. The van der Waals surface area contributed by atoms with Crippen LogP contribution in [0.15, 0.2) is 12.1 Å². The fourth-order valence-corrected chi connectivity index (χ4v) is 2.32. The van der Waals surface area contributed by atoms with Crippen LogP contribution in [0.25, 0.3) is 0 Å². The van der Waals surface area contributed by atoms with Gasteiger partial charge in [-0.1, -0.05) is 15.9 Å². The van der Waals surface area contributed by atoms with E-state index in [4.69, 9.17) is 14.2 Å². The third-order valence-corrected chi connectivity index (χ3v) is 3.29. The SMILES string of the molecule is CCN(CCBr)C(=O)c1cc(OC)c(OC)c(OC)c1. The molecule has 20 heavy (non-hydrogen) atoms. The number of amides is 1. The molecule has 0 radical (unpaired) electrons. The van der Waals surface area contributed by atoms with E-state index in [0.717, 1.165) is 5.33 Å². The van der Waals surface area contributed by atoms with Crippen molar-refractivity contribution in [2.45, 2.75) is 6.92 Å². The van der Waals surface area contributed by atoms with Crippen LogP contribution in [0.5, 0.6) is 17.2 Å². The standard InChI is InChI=1S/C14H20BrNO4/c1-5-16(7-6-15)14(17)10-8-11(18-2)13(20-4)12(9-10)19-3/h8-9H,5-7H2,1-4H3. The topological polar surface area (TPSA) is 48.0 Å². The minimum absolute atomic E-state index is 0.0637. The third kappa shape index (κ3) is 3.56. The summed E-state index contributed by atoms with van der Waals surface area (Å²) in [6.45, 7) is 3.23. The van der Waals surface area contributed by atoms with Crippen LogP contribution >= 0.6 is 15.9 Å². The zero-order valence-electron chi connectivity index (χ0n) is 12.2. The molecule has 1 amide bonds. The molecule has 0 aliphatic rings. The van der Waals surface area contributed by atoms with E-state index in [9.17, 15) is 4.79 Å². The Labute approximate surface area is 127 Å². The number of alkyl halides is 1. The first-order chi connectivity index (χ1) is 9.62. The number of methoxy groups -OCH3 is 3. The average Bonchev–Trinajstić information content (AvgIpc) is 2.50. The number of carbonyl (C=O) groups is 1. The van der Waals surface area contributed by atoms with Gasteiger partial charge in [-0.3, -0.25) is 4.79 Å². The summed E-state index contributed by atoms with van der Waals surface area (Å²) in [6.07, 6.45) is 0. The number of ether oxygens (including phenoxy) is 3. The molecular formula is C14H20BrNO4. The van der Waals surface area contributed by atoms with Crippen LogP contribution in [0.4, 0.5) is 0 Å². The van der Waals surface area contributed by atoms with E-state index < -0.39 is 0 Å². The maximum Gasteiger partial charge on any atom is 0.254 e. The molecule has 112 valence electrons. The molecule has 0 spiro atoms. The number of halogens is 1. The van der Waals surface area contributed by atoms with Gasteiger partial charge in [0.1, 0.15) is 0 Å². The summed E-state index contributed by atoms with van der Waals surface area (Å²) in [7, 11) is 4.59. The van der Waals surface area contributed by atoms with Crippen LogP contribution in [-0.4, -0.2) is 50.6 Å². The molecule has 0 unspecified atom stereocenters. The van der Waals surface area contributed by atoms with Crippen molar-refractivity contribution in [2.75, 3.05) is 39.7 Å². The molecule has 0 saturated heterocycles. The number of nitrogens with zero attached hydrogens (tertiary/aromatic N) is 1. The van der Waals surface area contributed by atoms with E-state index in [2.05, 4.69) is 15.9 Å². The van der Waals surface area contributed by atoms with Crippen LogP contribution in [0.2, 0.25) is 0 Å². The van der Waals surface area contributed by atoms with Crippen molar-refractivity contribution in [2.24, 2.45) is 0 Å². The number of benzene rings is 1. The van der Waals surface area contributed by atoms with Crippen molar-refractivity contribution in [3.8, 4) is 17.2 Å². The van der Waals surface area contributed by atoms with E-state index in [0.29, 0.717) is 35.9 Å². The maximum absolute atomic E-state index is 12.5. The highest BCUT2D eigenvalue weighted by Gasteiger charge is 2.20. The van der Waals surface area contributed by atoms with Crippen molar-refractivity contribution in [1.82, 2.24) is 4.90 Å². The highest BCUT2D eigenvalue weighted by molar-refractivity contribution is 9.09. The quantitative estimate of drug-likeness (QED) is 0.712. The molecule has 6 heteroatoms. The largest absolute Gasteiger partial charge is 0.493 e. The molecular weight excluding hydrogens is 326 g/mol. The second kappa shape index (κ2) is 7.99. The molecule has 0 atom stereocenters. The van der Waals surface area contributed by atoms with Crippen molar-refractivity contribution >= 4 is 21.8 Å². The molecule has 0 aliphatic heterocycles. The number of hydrogen-bond acceptors (Lipinski definition) is 4. The van der Waals surface area contributed by atoms with Crippen LogP contribution < -0.4 is 14.2 Å². The number of hydrogen-bond donors (Lipinski definition) is 0. The Balaban J connectivity index is 3.21.